The molecule has 0 aliphatic carbocycles. The van der Waals surface area contributed by atoms with Gasteiger partial charge in [-0.25, -0.2) is 0 Å². The van der Waals surface area contributed by atoms with Gasteiger partial charge in [-0.3, -0.25) is 14.7 Å². The number of amides is 1. The highest BCUT2D eigenvalue weighted by Crippen LogP contribution is 2.40. The molecule has 3 heterocycles. The van der Waals surface area contributed by atoms with Crippen LogP contribution in [0.25, 0.3) is 0 Å². The van der Waals surface area contributed by atoms with E-state index in [0.717, 1.165) is 9.87 Å². The van der Waals surface area contributed by atoms with Gasteiger partial charge in [-0.05, 0) is 43.5 Å². The van der Waals surface area contributed by atoms with E-state index < -0.39 is 29.9 Å². The normalized spacial score (nSPS) is 21.0. The van der Waals surface area contributed by atoms with Gasteiger partial charge in [0.1, 0.15) is 12.1 Å². The van der Waals surface area contributed by atoms with E-state index in [1.54, 1.807) is 4.90 Å². The Morgan fingerprint density at radius 3 is 2.70 bits per heavy atom. The molecular weight excluding hydrogens is 423 g/mol. The average molecular weight is 433 g/mol. The quantitative estimate of drug-likeness (QED) is 0.518. The standard InChI is InChI=1S/C15H10ClF3N5OS2/c16-8-1-3-9(4-2-8)24-11(15(17,18)19)10(7-21-24)12(25)22-14-23-6-5-20-13(23)26-27-14/h1-4H,5-7H2/q+1. The molecule has 0 aromatic heterocycles. The number of rotatable bonds is 2. The minimum absolute atomic E-state index is 0.168. The number of azo groups is 2. The first-order chi connectivity index (χ1) is 12.8. The lowest BCUT2D eigenvalue weighted by molar-refractivity contribution is -0.484. The van der Waals surface area contributed by atoms with Crippen molar-refractivity contribution in [3.05, 3.63) is 40.6 Å². The van der Waals surface area contributed by atoms with Crippen LogP contribution in [0.4, 0.5) is 18.9 Å². The zero-order chi connectivity index (χ0) is 19.2. The van der Waals surface area contributed by atoms with Crippen LogP contribution in [0, 0.1) is 0 Å². The van der Waals surface area contributed by atoms with Crippen LogP contribution in [0.1, 0.15) is 0 Å². The van der Waals surface area contributed by atoms with Crippen molar-refractivity contribution in [1.29, 1.82) is 0 Å². The highest BCUT2D eigenvalue weighted by molar-refractivity contribution is 8.88. The third kappa shape index (κ3) is 3.50. The molecule has 1 amide bonds. The first kappa shape index (κ1) is 18.5. The zero-order valence-corrected chi connectivity index (χ0v) is 15.8. The van der Waals surface area contributed by atoms with Gasteiger partial charge >= 0.3 is 11.9 Å². The van der Waals surface area contributed by atoms with E-state index in [1.807, 2.05) is 0 Å². The first-order valence-corrected chi connectivity index (χ1v) is 10.2. The van der Waals surface area contributed by atoms with Crippen LogP contribution in [0.15, 0.2) is 50.6 Å². The summed E-state index contributed by atoms with van der Waals surface area (Å²) in [5.74, 6) is -0.946. The molecule has 140 valence electrons. The Labute approximate surface area is 164 Å². The topological polar surface area (TPSA) is 60.4 Å². The summed E-state index contributed by atoms with van der Waals surface area (Å²) in [6.07, 6.45) is -4.76. The number of fused-ring (bicyclic) bond motifs is 1. The molecule has 0 atom stereocenters. The zero-order valence-electron chi connectivity index (χ0n) is 13.4. The second-order valence-corrected chi connectivity index (χ2v) is 8.09. The third-order valence-electron chi connectivity index (χ3n) is 3.89. The highest BCUT2D eigenvalue weighted by Gasteiger charge is 2.52. The second kappa shape index (κ2) is 6.95. The molecule has 27 heavy (non-hydrogen) atoms. The molecule has 3 aliphatic rings. The van der Waals surface area contributed by atoms with Crippen molar-refractivity contribution in [2.24, 2.45) is 15.1 Å². The maximum atomic E-state index is 13.7. The molecule has 3 aliphatic heterocycles. The maximum Gasteiger partial charge on any atom is 0.481 e. The van der Waals surface area contributed by atoms with Gasteiger partial charge in [-0.2, -0.15) is 18.2 Å². The van der Waals surface area contributed by atoms with Crippen LogP contribution < -0.4 is 0 Å². The molecule has 1 saturated heterocycles. The SMILES string of the molecule is O=C(N=C1SSC2=NCCN21)C1=C(C(F)(F)F)[N+](c2ccc(Cl)cc2)=NC1. The van der Waals surface area contributed by atoms with Gasteiger partial charge in [0.15, 0.2) is 10.3 Å². The monoisotopic (exact) mass is 432 g/mol. The number of carbonyl (C=O) groups is 1. The number of hydrogen-bond acceptors (Lipinski definition) is 5. The fourth-order valence-electron chi connectivity index (χ4n) is 2.70. The molecule has 0 bridgehead atoms. The second-order valence-electron chi connectivity index (χ2n) is 5.59. The van der Waals surface area contributed by atoms with Crippen molar-refractivity contribution in [2.45, 2.75) is 6.18 Å². The van der Waals surface area contributed by atoms with Crippen molar-refractivity contribution in [3.8, 4) is 0 Å². The number of amidine groups is 2. The molecule has 1 aromatic carbocycles. The fourth-order valence-corrected chi connectivity index (χ4v) is 5.09. The van der Waals surface area contributed by atoms with Crippen molar-refractivity contribution < 1.29 is 22.7 Å². The summed E-state index contributed by atoms with van der Waals surface area (Å²) in [5, 5.41) is 5.34. The van der Waals surface area contributed by atoms with Crippen LogP contribution in [0.3, 0.4) is 0 Å². The van der Waals surface area contributed by atoms with E-state index >= 15 is 0 Å². The summed E-state index contributed by atoms with van der Waals surface area (Å²) < 4.78 is 41.8. The van der Waals surface area contributed by atoms with Gasteiger partial charge in [-0.15, -0.1) is 0 Å². The summed E-state index contributed by atoms with van der Waals surface area (Å²) in [6, 6.07) is 5.74. The molecule has 0 unspecified atom stereocenters. The smallest absolute Gasteiger partial charge is 0.297 e. The minimum Gasteiger partial charge on any atom is -0.297 e. The van der Waals surface area contributed by atoms with Crippen LogP contribution in [-0.2, 0) is 4.79 Å². The molecule has 0 radical (unpaired) electrons. The summed E-state index contributed by atoms with van der Waals surface area (Å²) in [5.41, 5.74) is -1.44. The number of benzene rings is 1. The predicted octanol–water partition coefficient (Wildman–Crippen LogP) is 4.22. The largest absolute Gasteiger partial charge is 0.481 e. The van der Waals surface area contributed by atoms with E-state index in [0.29, 0.717) is 23.3 Å². The average Bonchev–Trinajstić information content (AvgIpc) is 3.31. The Kier molecular flexibility index (Phi) is 4.77. The van der Waals surface area contributed by atoms with Crippen molar-refractivity contribution in [2.75, 3.05) is 19.6 Å². The molecule has 6 nitrogen and oxygen atoms in total. The van der Waals surface area contributed by atoms with E-state index in [4.69, 9.17) is 11.6 Å². The van der Waals surface area contributed by atoms with E-state index in [1.165, 1.54) is 45.9 Å². The predicted molar refractivity (Wildman–Crippen MR) is 98.4 cm³/mol. The van der Waals surface area contributed by atoms with Crippen molar-refractivity contribution in [3.63, 3.8) is 0 Å². The van der Waals surface area contributed by atoms with Crippen LogP contribution in [0.5, 0.6) is 0 Å². The van der Waals surface area contributed by atoms with Gasteiger partial charge in [-0.1, -0.05) is 11.6 Å². The Hall–Kier alpha value is -1.85. The summed E-state index contributed by atoms with van der Waals surface area (Å²) in [6.45, 7) is 0.742. The first-order valence-electron chi connectivity index (χ1n) is 7.67. The van der Waals surface area contributed by atoms with Crippen molar-refractivity contribution in [1.82, 2.24) is 4.90 Å². The van der Waals surface area contributed by atoms with Gasteiger partial charge in [0.25, 0.3) is 5.91 Å². The number of alkyl halides is 3. The molecule has 0 spiro atoms. The van der Waals surface area contributed by atoms with Gasteiger partial charge < -0.3 is 0 Å². The molecule has 4 rings (SSSR count). The number of nitrogens with zero attached hydrogens (tertiary/aromatic N) is 5. The Morgan fingerprint density at radius 2 is 2.00 bits per heavy atom. The maximum absolute atomic E-state index is 13.7. The van der Waals surface area contributed by atoms with Gasteiger partial charge in [0.2, 0.25) is 5.69 Å². The Bertz CT molecular complexity index is 940. The summed E-state index contributed by atoms with van der Waals surface area (Å²) in [7, 11) is 2.54. The molecule has 0 N–H and O–H groups in total. The van der Waals surface area contributed by atoms with Gasteiger partial charge in [0.05, 0.1) is 6.54 Å². The van der Waals surface area contributed by atoms with Crippen molar-refractivity contribution >= 4 is 55.1 Å². The van der Waals surface area contributed by atoms with Gasteiger partial charge in [0, 0.05) is 23.7 Å². The fraction of sp³-hybridized carbons (Fsp3) is 0.267. The number of halogens is 4. The Morgan fingerprint density at radius 1 is 1.26 bits per heavy atom. The molecule has 1 fully saturated rings. The number of carbonyl (C=O) groups excluding carboxylic acids is 1. The minimum atomic E-state index is -4.76. The lowest BCUT2D eigenvalue weighted by atomic mass is 10.2. The van der Waals surface area contributed by atoms with Crippen LogP contribution >= 0.6 is 33.2 Å². The van der Waals surface area contributed by atoms with E-state index in [2.05, 4.69) is 15.1 Å². The van der Waals surface area contributed by atoms with E-state index in [-0.39, 0.29) is 5.69 Å². The summed E-state index contributed by atoms with van der Waals surface area (Å²) >= 11 is 5.79. The van der Waals surface area contributed by atoms with Crippen LogP contribution in [-0.4, -0.2) is 51.7 Å². The van der Waals surface area contributed by atoms with Crippen LogP contribution in [0.2, 0.25) is 5.02 Å². The highest BCUT2D eigenvalue weighted by atomic mass is 35.5. The Balaban J connectivity index is 1.69. The molecule has 1 aromatic rings. The molecule has 0 saturated carbocycles. The lowest BCUT2D eigenvalue weighted by Crippen LogP contribution is -2.27. The summed E-state index contributed by atoms with van der Waals surface area (Å²) in [4.78, 5) is 22.4. The lowest BCUT2D eigenvalue weighted by Gasteiger charge is -2.09. The molecular formula is C15H10ClF3N5OS2+. The van der Waals surface area contributed by atoms with E-state index in [9.17, 15) is 18.0 Å². The number of aliphatic imine (C=N–C) groups is 2. The number of hydrogen-bond donors (Lipinski definition) is 0. The molecule has 12 heteroatoms. The third-order valence-corrected chi connectivity index (χ3v) is 6.33. The number of allylic oxidation sites excluding steroid dienone is 1.